The number of benzene rings is 2. The van der Waals surface area contributed by atoms with Gasteiger partial charge in [0.05, 0.1) is 24.8 Å². The van der Waals surface area contributed by atoms with Gasteiger partial charge in [-0.1, -0.05) is 51.1 Å². The number of rotatable bonds is 4. The summed E-state index contributed by atoms with van der Waals surface area (Å²) in [5.74, 6) is -0.882. The third-order valence-corrected chi connectivity index (χ3v) is 7.23. The molecule has 7 heteroatoms. The van der Waals surface area contributed by atoms with Gasteiger partial charge >= 0.3 is 5.97 Å². The van der Waals surface area contributed by atoms with Crippen molar-refractivity contribution < 1.29 is 19.1 Å². The van der Waals surface area contributed by atoms with Crippen molar-refractivity contribution in [3.63, 3.8) is 0 Å². The van der Waals surface area contributed by atoms with Crippen molar-refractivity contribution in [2.24, 2.45) is 11.1 Å². The minimum atomic E-state index is -0.765. The Kier molecular flexibility index (Phi) is 6.99. The van der Waals surface area contributed by atoms with Crippen molar-refractivity contribution >= 4 is 17.8 Å². The van der Waals surface area contributed by atoms with Crippen molar-refractivity contribution in [2.45, 2.75) is 71.1 Å². The Labute approximate surface area is 207 Å². The SMILES string of the molecule is COC(=O)c1ccc2c(c1)CN(C(=O)C(N)C(C)(C)C)[C@H](C(=O)N[C@@H]1CCCc3ccccc31)C2. The topological polar surface area (TPSA) is 102 Å². The quantitative estimate of drug-likeness (QED) is 0.658. The number of nitrogens with zero attached hydrogens (tertiary/aromatic N) is 1. The molecule has 0 radical (unpaired) electrons. The van der Waals surface area contributed by atoms with E-state index in [2.05, 4.69) is 17.4 Å². The fourth-order valence-electron chi connectivity index (χ4n) is 5.02. The van der Waals surface area contributed by atoms with E-state index >= 15 is 0 Å². The molecule has 0 aromatic heterocycles. The first-order valence-corrected chi connectivity index (χ1v) is 12.2. The first-order valence-electron chi connectivity index (χ1n) is 12.2. The number of amides is 2. The predicted molar refractivity (Wildman–Crippen MR) is 134 cm³/mol. The molecule has 0 fully saturated rings. The van der Waals surface area contributed by atoms with Crippen LogP contribution in [-0.4, -0.2) is 41.9 Å². The minimum Gasteiger partial charge on any atom is -0.465 e. The second-order valence-corrected chi connectivity index (χ2v) is 10.7. The Morgan fingerprint density at radius 3 is 2.54 bits per heavy atom. The molecule has 1 unspecified atom stereocenters. The summed E-state index contributed by atoms with van der Waals surface area (Å²) in [5, 5.41) is 3.23. The van der Waals surface area contributed by atoms with Gasteiger partial charge in [-0.3, -0.25) is 9.59 Å². The van der Waals surface area contributed by atoms with E-state index in [1.165, 1.54) is 12.7 Å². The highest BCUT2D eigenvalue weighted by Crippen LogP contribution is 2.32. The molecule has 7 nitrogen and oxygen atoms in total. The molecule has 1 aliphatic carbocycles. The van der Waals surface area contributed by atoms with E-state index in [0.29, 0.717) is 12.0 Å². The first-order chi connectivity index (χ1) is 16.6. The van der Waals surface area contributed by atoms with Crippen molar-refractivity contribution in [2.75, 3.05) is 7.11 Å². The molecule has 2 aromatic carbocycles. The maximum atomic E-state index is 13.7. The summed E-state index contributed by atoms with van der Waals surface area (Å²) in [6, 6.07) is 12.0. The molecule has 2 aliphatic rings. The standard InChI is InChI=1S/C28H35N3O4/c1-28(2,3)24(29)26(33)31-16-20-14-19(27(34)35-4)13-12-18(20)15-23(31)25(32)30-22-11-7-9-17-8-5-6-10-21(17)22/h5-6,8,10,12-14,22-24H,7,9,11,15-16,29H2,1-4H3,(H,30,32)/t22-,23+,24?/m1/s1. The molecule has 3 N–H and O–H groups in total. The molecule has 0 bridgehead atoms. The summed E-state index contributed by atoms with van der Waals surface area (Å²) in [7, 11) is 1.34. The third-order valence-electron chi connectivity index (χ3n) is 7.23. The molecule has 35 heavy (non-hydrogen) atoms. The van der Waals surface area contributed by atoms with Gasteiger partial charge in [-0.05, 0) is 59.1 Å². The number of esters is 1. The van der Waals surface area contributed by atoms with E-state index in [1.807, 2.05) is 39.0 Å². The van der Waals surface area contributed by atoms with Crippen LogP contribution in [0.4, 0.5) is 0 Å². The summed E-state index contributed by atoms with van der Waals surface area (Å²) >= 11 is 0. The van der Waals surface area contributed by atoms with Crippen LogP contribution in [0.25, 0.3) is 0 Å². The molecule has 3 atom stereocenters. The molecule has 0 saturated heterocycles. The number of aryl methyl sites for hydroxylation is 1. The van der Waals surface area contributed by atoms with Crippen LogP contribution < -0.4 is 11.1 Å². The Morgan fingerprint density at radius 2 is 1.83 bits per heavy atom. The normalized spacial score (nSPS) is 20.3. The lowest BCUT2D eigenvalue weighted by Gasteiger charge is -2.40. The van der Waals surface area contributed by atoms with E-state index in [0.717, 1.165) is 36.0 Å². The Hall–Kier alpha value is -3.19. The fourth-order valence-corrected chi connectivity index (χ4v) is 5.02. The maximum absolute atomic E-state index is 13.7. The summed E-state index contributed by atoms with van der Waals surface area (Å²) in [6.07, 6.45) is 3.24. The highest BCUT2D eigenvalue weighted by molar-refractivity contribution is 5.92. The molecule has 1 heterocycles. The average Bonchev–Trinajstić information content (AvgIpc) is 2.85. The summed E-state index contributed by atoms with van der Waals surface area (Å²) in [5.41, 5.74) is 10.5. The zero-order chi connectivity index (χ0) is 25.3. The monoisotopic (exact) mass is 477 g/mol. The van der Waals surface area contributed by atoms with Crippen molar-refractivity contribution in [3.8, 4) is 0 Å². The van der Waals surface area contributed by atoms with Gasteiger partial charge in [-0.2, -0.15) is 0 Å². The second-order valence-electron chi connectivity index (χ2n) is 10.7. The molecule has 186 valence electrons. The van der Waals surface area contributed by atoms with Crippen LogP contribution in [0.3, 0.4) is 0 Å². The molecule has 2 aromatic rings. The largest absolute Gasteiger partial charge is 0.465 e. The number of hydrogen-bond donors (Lipinski definition) is 2. The van der Waals surface area contributed by atoms with E-state index in [-0.39, 0.29) is 24.4 Å². The predicted octanol–water partition coefficient (Wildman–Crippen LogP) is 3.29. The van der Waals surface area contributed by atoms with Gasteiger partial charge in [-0.25, -0.2) is 4.79 Å². The van der Waals surface area contributed by atoms with Gasteiger partial charge in [0.1, 0.15) is 6.04 Å². The number of carbonyl (C=O) groups excluding carboxylic acids is 3. The number of methoxy groups -OCH3 is 1. The van der Waals surface area contributed by atoms with Crippen LogP contribution in [0.2, 0.25) is 0 Å². The van der Waals surface area contributed by atoms with Gasteiger partial charge < -0.3 is 20.7 Å². The minimum absolute atomic E-state index is 0.0798. The van der Waals surface area contributed by atoms with Gasteiger partial charge in [0.15, 0.2) is 0 Å². The summed E-state index contributed by atoms with van der Waals surface area (Å²) < 4.78 is 4.85. The van der Waals surface area contributed by atoms with E-state index in [1.54, 1.807) is 17.0 Å². The average molecular weight is 478 g/mol. The first kappa shape index (κ1) is 24.9. The van der Waals surface area contributed by atoms with Gasteiger partial charge in [-0.15, -0.1) is 0 Å². The number of hydrogen-bond acceptors (Lipinski definition) is 5. The van der Waals surface area contributed by atoms with Crippen LogP contribution >= 0.6 is 0 Å². The summed E-state index contributed by atoms with van der Waals surface area (Å²) in [4.78, 5) is 40.9. The molecule has 1 aliphatic heterocycles. The number of ether oxygens (including phenoxy) is 1. The number of nitrogens with two attached hydrogens (primary N) is 1. The zero-order valence-corrected chi connectivity index (χ0v) is 21.0. The highest BCUT2D eigenvalue weighted by Gasteiger charge is 2.40. The number of carbonyl (C=O) groups is 3. The molecular weight excluding hydrogens is 442 g/mol. The van der Waals surface area contributed by atoms with Gasteiger partial charge in [0.2, 0.25) is 11.8 Å². The van der Waals surface area contributed by atoms with Crippen LogP contribution in [0.1, 0.15) is 72.3 Å². The van der Waals surface area contributed by atoms with Crippen LogP contribution in [0.15, 0.2) is 42.5 Å². The highest BCUT2D eigenvalue weighted by atomic mass is 16.5. The van der Waals surface area contributed by atoms with Gasteiger partial charge in [0, 0.05) is 13.0 Å². The molecular formula is C28H35N3O4. The van der Waals surface area contributed by atoms with E-state index < -0.39 is 23.5 Å². The number of nitrogens with one attached hydrogen (secondary N) is 1. The van der Waals surface area contributed by atoms with Crippen LogP contribution in [0, 0.1) is 5.41 Å². The van der Waals surface area contributed by atoms with Crippen LogP contribution in [0.5, 0.6) is 0 Å². The van der Waals surface area contributed by atoms with Crippen molar-refractivity contribution in [1.82, 2.24) is 10.2 Å². The number of fused-ring (bicyclic) bond motifs is 2. The molecule has 0 saturated carbocycles. The van der Waals surface area contributed by atoms with Crippen LogP contribution in [-0.2, 0) is 33.7 Å². The molecule has 4 rings (SSSR count). The van der Waals surface area contributed by atoms with Crippen molar-refractivity contribution in [1.29, 1.82) is 0 Å². The Bertz CT molecular complexity index is 1140. The zero-order valence-electron chi connectivity index (χ0n) is 21.0. The fraction of sp³-hybridized carbons (Fsp3) is 0.464. The lowest BCUT2D eigenvalue weighted by molar-refractivity contribution is -0.145. The molecule has 0 spiro atoms. The summed E-state index contributed by atoms with van der Waals surface area (Å²) in [6.45, 7) is 5.95. The lowest BCUT2D eigenvalue weighted by Crippen LogP contribution is -2.59. The van der Waals surface area contributed by atoms with E-state index in [9.17, 15) is 14.4 Å². The Morgan fingerprint density at radius 1 is 1.09 bits per heavy atom. The van der Waals surface area contributed by atoms with E-state index in [4.69, 9.17) is 10.5 Å². The third kappa shape index (κ3) is 5.10. The second kappa shape index (κ2) is 9.82. The van der Waals surface area contributed by atoms with Gasteiger partial charge in [0.25, 0.3) is 0 Å². The van der Waals surface area contributed by atoms with Crippen molar-refractivity contribution in [3.05, 3.63) is 70.3 Å². The molecule has 2 amide bonds. The maximum Gasteiger partial charge on any atom is 0.337 e. The lowest BCUT2D eigenvalue weighted by atomic mass is 9.84. The Balaban J connectivity index is 1.65. The smallest absolute Gasteiger partial charge is 0.337 e.